The van der Waals surface area contributed by atoms with Gasteiger partial charge in [0.25, 0.3) is 5.91 Å². The van der Waals surface area contributed by atoms with E-state index in [1.54, 1.807) is 0 Å². The summed E-state index contributed by atoms with van der Waals surface area (Å²) >= 11 is 5.74. The van der Waals surface area contributed by atoms with Gasteiger partial charge in [-0.2, -0.15) is 0 Å². The molecule has 0 saturated carbocycles. The Labute approximate surface area is 116 Å². The molecule has 1 fully saturated rings. The van der Waals surface area contributed by atoms with E-state index in [1.165, 1.54) is 18.2 Å². The first-order chi connectivity index (χ1) is 8.16. The summed E-state index contributed by atoms with van der Waals surface area (Å²) < 4.78 is 13.4. The maximum Gasteiger partial charge on any atom is 0.254 e. The molecule has 1 aliphatic rings. The molecule has 1 aromatic carbocycles. The third-order valence-corrected chi connectivity index (χ3v) is 3.04. The molecule has 0 radical (unpaired) electrons. The number of rotatable bonds is 2. The molecule has 1 amide bonds. The lowest BCUT2D eigenvalue weighted by Gasteiger charge is -2.23. The van der Waals surface area contributed by atoms with Crippen LogP contribution in [0, 0.1) is 5.82 Å². The Morgan fingerprint density at radius 3 is 2.94 bits per heavy atom. The second kappa shape index (κ2) is 6.92. The molecule has 1 aliphatic heterocycles. The summed E-state index contributed by atoms with van der Waals surface area (Å²) in [6.07, 6.45) is 1.93. The number of halogens is 3. The van der Waals surface area contributed by atoms with Gasteiger partial charge in [-0.15, -0.1) is 12.4 Å². The normalized spacial score (nSPS) is 18.9. The second-order valence-electron chi connectivity index (χ2n) is 4.14. The fourth-order valence-electron chi connectivity index (χ4n) is 1.91. The summed E-state index contributed by atoms with van der Waals surface area (Å²) in [5, 5.41) is 6.35. The van der Waals surface area contributed by atoms with Crippen molar-refractivity contribution in [3.8, 4) is 0 Å². The van der Waals surface area contributed by atoms with E-state index in [2.05, 4.69) is 10.6 Å². The van der Waals surface area contributed by atoms with E-state index in [9.17, 15) is 9.18 Å². The first-order valence-electron chi connectivity index (χ1n) is 5.63. The van der Waals surface area contributed by atoms with Crippen molar-refractivity contribution < 1.29 is 9.18 Å². The van der Waals surface area contributed by atoms with Gasteiger partial charge in [-0.3, -0.25) is 4.79 Å². The van der Waals surface area contributed by atoms with Gasteiger partial charge in [-0.1, -0.05) is 11.6 Å². The molecule has 1 atom stereocenters. The molecule has 1 saturated heterocycles. The topological polar surface area (TPSA) is 41.1 Å². The van der Waals surface area contributed by atoms with Crippen molar-refractivity contribution in [1.82, 2.24) is 10.6 Å². The molecule has 1 aromatic rings. The van der Waals surface area contributed by atoms with E-state index in [4.69, 9.17) is 11.6 Å². The van der Waals surface area contributed by atoms with Crippen LogP contribution < -0.4 is 10.6 Å². The Balaban J connectivity index is 0.00000162. The molecular weight excluding hydrogens is 278 g/mol. The lowest BCUT2D eigenvalue weighted by Crippen LogP contribution is -2.45. The number of carbonyl (C=O) groups excluding carboxylic acids is 1. The number of piperidine rings is 1. The van der Waals surface area contributed by atoms with Crippen LogP contribution in [0.3, 0.4) is 0 Å². The average molecular weight is 293 g/mol. The summed E-state index contributed by atoms with van der Waals surface area (Å²) in [6, 6.07) is 4.05. The highest BCUT2D eigenvalue weighted by Gasteiger charge is 2.18. The molecule has 2 N–H and O–H groups in total. The first-order valence-corrected chi connectivity index (χ1v) is 6.01. The maximum absolute atomic E-state index is 13.4. The molecule has 3 nitrogen and oxygen atoms in total. The van der Waals surface area contributed by atoms with Crippen LogP contribution in [-0.4, -0.2) is 25.0 Å². The smallest absolute Gasteiger partial charge is 0.254 e. The standard InChI is InChI=1S/C12H14ClFN2O.ClH/c13-8-3-4-11(14)10(6-8)12(17)16-9-2-1-5-15-7-9;/h3-4,6,9,15H,1-2,5,7H2,(H,16,17);1H/t9-;/m0./s1. The lowest BCUT2D eigenvalue weighted by atomic mass is 10.1. The Kier molecular flexibility index (Phi) is 5.85. The van der Waals surface area contributed by atoms with Crippen LogP contribution in [0.2, 0.25) is 5.02 Å². The zero-order chi connectivity index (χ0) is 12.3. The SMILES string of the molecule is Cl.O=C(N[C@H]1CCCNC1)c1cc(Cl)ccc1F. The minimum absolute atomic E-state index is 0. The molecule has 1 heterocycles. The van der Waals surface area contributed by atoms with E-state index in [0.717, 1.165) is 25.9 Å². The van der Waals surface area contributed by atoms with Crippen LogP contribution >= 0.6 is 24.0 Å². The Morgan fingerprint density at radius 2 is 2.28 bits per heavy atom. The molecule has 0 unspecified atom stereocenters. The van der Waals surface area contributed by atoms with Crippen LogP contribution in [0.15, 0.2) is 18.2 Å². The Hall–Kier alpha value is -0.840. The van der Waals surface area contributed by atoms with Crippen LogP contribution in [0.5, 0.6) is 0 Å². The number of carbonyl (C=O) groups is 1. The summed E-state index contributed by atoms with van der Waals surface area (Å²) in [5.41, 5.74) is 0.00285. The molecule has 2 rings (SSSR count). The second-order valence-corrected chi connectivity index (χ2v) is 4.58. The van der Waals surface area contributed by atoms with Gasteiger partial charge in [-0.25, -0.2) is 4.39 Å². The molecule has 100 valence electrons. The fourth-order valence-corrected chi connectivity index (χ4v) is 2.08. The molecular formula is C12H15Cl2FN2O. The molecule has 0 aromatic heterocycles. The predicted molar refractivity (Wildman–Crippen MR) is 72.0 cm³/mol. The summed E-state index contributed by atoms with van der Waals surface area (Å²) in [4.78, 5) is 11.8. The number of hydrogen-bond donors (Lipinski definition) is 2. The summed E-state index contributed by atoms with van der Waals surface area (Å²) in [5.74, 6) is -0.950. The van der Waals surface area contributed by atoms with Crippen LogP contribution in [0.25, 0.3) is 0 Å². The first kappa shape index (κ1) is 15.2. The molecule has 0 aliphatic carbocycles. The van der Waals surface area contributed by atoms with Crippen molar-refractivity contribution in [3.63, 3.8) is 0 Å². The third kappa shape index (κ3) is 3.83. The highest BCUT2D eigenvalue weighted by Crippen LogP contribution is 2.15. The van der Waals surface area contributed by atoms with Crippen LogP contribution in [0.1, 0.15) is 23.2 Å². The Bertz CT molecular complexity index is 423. The minimum atomic E-state index is -0.546. The third-order valence-electron chi connectivity index (χ3n) is 2.81. The van der Waals surface area contributed by atoms with Crippen LogP contribution in [0.4, 0.5) is 4.39 Å². The zero-order valence-electron chi connectivity index (χ0n) is 9.71. The van der Waals surface area contributed by atoms with Gasteiger partial charge in [-0.05, 0) is 37.6 Å². The van der Waals surface area contributed by atoms with E-state index in [0.29, 0.717) is 5.02 Å². The lowest BCUT2D eigenvalue weighted by molar-refractivity contribution is 0.0926. The maximum atomic E-state index is 13.4. The van der Waals surface area contributed by atoms with Crippen molar-refractivity contribution in [2.45, 2.75) is 18.9 Å². The van der Waals surface area contributed by atoms with Gasteiger partial charge < -0.3 is 10.6 Å². The number of hydrogen-bond acceptors (Lipinski definition) is 2. The molecule has 18 heavy (non-hydrogen) atoms. The predicted octanol–water partition coefficient (Wildman–Crippen LogP) is 2.38. The minimum Gasteiger partial charge on any atom is -0.348 e. The van der Waals surface area contributed by atoms with E-state index < -0.39 is 11.7 Å². The highest BCUT2D eigenvalue weighted by molar-refractivity contribution is 6.31. The monoisotopic (exact) mass is 292 g/mol. The van der Waals surface area contributed by atoms with Gasteiger partial charge in [0, 0.05) is 17.6 Å². The van der Waals surface area contributed by atoms with Gasteiger partial charge in [0.1, 0.15) is 5.82 Å². The highest BCUT2D eigenvalue weighted by atomic mass is 35.5. The molecule has 6 heteroatoms. The van der Waals surface area contributed by atoms with Crippen molar-refractivity contribution >= 4 is 29.9 Å². The van der Waals surface area contributed by atoms with E-state index in [1.807, 2.05) is 0 Å². The number of benzene rings is 1. The summed E-state index contributed by atoms with van der Waals surface area (Å²) in [7, 11) is 0. The Morgan fingerprint density at radius 1 is 1.50 bits per heavy atom. The molecule has 0 bridgehead atoms. The van der Waals surface area contributed by atoms with E-state index >= 15 is 0 Å². The van der Waals surface area contributed by atoms with Gasteiger partial charge in [0.05, 0.1) is 5.56 Å². The number of amides is 1. The van der Waals surface area contributed by atoms with Gasteiger partial charge in [0.15, 0.2) is 0 Å². The van der Waals surface area contributed by atoms with Crippen molar-refractivity contribution in [2.75, 3.05) is 13.1 Å². The largest absolute Gasteiger partial charge is 0.348 e. The summed E-state index contributed by atoms with van der Waals surface area (Å²) in [6.45, 7) is 1.70. The van der Waals surface area contributed by atoms with Gasteiger partial charge in [0.2, 0.25) is 0 Å². The van der Waals surface area contributed by atoms with Crippen molar-refractivity contribution in [2.24, 2.45) is 0 Å². The van der Waals surface area contributed by atoms with Crippen molar-refractivity contribution in [3.05, 3.63) is 34.6 Å². The average Bonchev–Trinajstić information content (AvgIpc) is 2.33. The quantitative estimate of drug-likeness (QED) is 0.879. The van der Waals surface area contributed by atoms with Crippen LogP contribution in [-0.2, 0) is 0 Å². The number of nitrogens with one attached hydrogen (secondary N) is 2. The van der Waals surface area contributed by atoms with E-state index in [-0.39, 0.29) is 24.0 Å². The fraction of sp³-hybridized carbons (Fsp3) is 0.417. The molecule has 0 spiro atoms. The zero-order valence-corrected chi connectivity index (χ0v) is 11.3. The van der Waals surface area contributed by atoms with Gasteiger partial charge >= 0.3 is 0 Å². The van der Waals surface area contributed by atoms with Crippen molar-refractivity contribution in [1.29, 1.82) is 0 Å².